The van der Waals surface area contributed by atoms with E-state index in [1.165, 1.54) is 18.2 Å². The molecule has 0 unspecified atom stereocenters. The van der Waals surface area contributed by atoms with Crippen molar-refractivity contribution >= 4 is 23.2 Å². The monoisotopic (exact) mass is 320 g/mol. The Kier molecular flexibility index (Phi) is 2.99. The molecule has 0 N–H and O–H groups in total. The summed E-state index contributed by atoms with van der Waals surface area (Å²) in [5.41, 5.74) is -0.816. The van der Waals surface area contributed by atoms with Crippen molar-refractivity contribution in [2.24, 2.45) is 0 Å². The minimum absolute atomic E-state index is 0.0225. The van der Waals surface area contributed by atoms with Crippen LogP contribution in [0.1, 0.15) is 5.56 Å². The smallest absolute Gasteiger partial charge is 0.416 e. The van der Waals surface area contributed by atoms with E-state index in [1.54, 1.807) is 0 Å². The lowest BCUT2D eigenvalue weighted by molar-refractivity contribution is -0.137. The van der Waals surface area contributed by atoms with Crippen LogP contribution in [0.5, 0.6) is 23.0 Å². The first kappa shape index (κ1) is 13.4. The number of fused-ring (bicyclic) bond motifs is 2. The zero-order valence-corrected chi connectivity index (χ0v) is 11.1. The van der Waals surface area contributed by atoms with E-state index in [4.69, 9.17) is 32.7 Å². The Hall–Kier alpha value is -1.59. The van der Waals surface area contributed by atoms with Crippen LogP contribution in [-0.2, 0) is 6.18 Å². The van der Waals surface area contributed by atoms with Gasteiger partial charge in [-0.3, -0.25) is 0 Å². The summed E-state index contributed by atoms with van der Waals surface area (Å²) in [5.74, 6) is 0.674. The standard InChI is InChI=1S/C13H5Cl2F3O2/c14-7-4-11-12(5-8(7)15)20-10-3-6(13(16,17)18)1-2-9(10)19-11/h1-5H. The molecule has 0 fully saturated rings. The Morgan fingerprint density at radius 3 is 1.80 bits per heavy atom. The van der Waals surface area contributed by atoms with E-state index >= 15 is 0 Å². The maximum Gasteiger partial charge on any atom is 0.416 e. The molecule has 1 aliphatic rings. The van der Waals surface area contributed by atoms with Gasteiger partial charge in [-0.15, -0.1) is 0 Å². The zero-order valence-electron chi connectivity index (χ0n) is 9.59. The molecule has 0 saturated carbocycles. The van der Waals surface area contributed by atoms with E-state index in [2.05, 4.69) is 0 Å². The van der Waals surface area contributed by atoms with Gasteiger partial charge in [0.1, 0.15) is 0 Å². The average Bonchev–Trinajstić information content (AvgIpc) is 2.36. The van der Waals surface area contributed by atoms with Crippen LogP contribution in [0.3, 0.4) is 0 Å². The largest absolute Gasteiger partial charge is 0.449 e. The summed E-state index contributed by atoms with van der Waals surface area (Å²) < 4.78 is 48.7. The summed E-state index contributed by atoms with van der Waals surface area (Å²) in [4.78, 5) is 0. The quantitative estimate of drug-likeness (QED) is 0.512. The number of ether oxygens (including phenoxy) is 2. The number of hydrogen-bond donors (Lipinski definition) is 0. The van der Waals surface area contributed by atoms with Crippen molar-refractivity contribution in [1.29, 1.82) is 0 Å². The normalized spacial score (nSPS) is 13.1. The Balaban J connectivity index is 2.04. The third kappa shape index (κ3) is 2.27. The van der Waals surface area contributed by atoms with Crippen LogP contribution in [-0.4, -0.2) is 0 Å². The molecule has 2 nitrogen and oxygen atoms in total. The van der Waals surface area contributed by atoms with Crippen molar-refractivity contribution in [2.45, 2.75) is 6.18 Å². The van der Waals surface area contributed by atoms with Gasteiger partial charge in [0.25, 0.3) is 0 Å². The van der Waals surface area contributed by atoms with Gasteiger partial charge in [-0.1, -0.05) is 23.2 Å². The second kappa shape index (κ2) is 4.46. The number of benzene rings is 2. The summed E-state index contributed by atoms with van der Waals surface area (Å²) in [6.45, 7) is 0. The van der Waals surface area contributed by atoms with Crippen molar-refractivity contribution in [3.8, 4) is 23.0 Å². The Morgan fingerprint density at radius 2 is 1.25 bits per heavy atom. The van der Waals surface area contributed by atoms with Gasteiger partial charge in [-0.25, -0.2) is 0 Å². The molecule has 104 valence electrons. The minimum Gasteiger partial charge on any atom is -0.449 e. The van der Waals surface area contributed by atoms with Crippen LogP contribution in [0.2, 0.25) is 10.0 Å². The maximum absolute atomic E-state index is 12.6. The molecular formula is C13H5Cl2F3O2. The van der Waals surface area contributed by atoms with Crippen molar-refractivity contribution in [3.05, 3.63) is 45.9 Å². The Bertz CT molecular complexity index is 699. The molecule has 0 radical (unpaired) electrons. The van der Waals surface area contributed by atoms with Crippen molar-refractivity contribution in [1.82, 2.24) is 0 Å². The van der Waals surface area contributed by atoms with Crippen molar-refractivity contribution in [2.75, 3.05) is 0 Å². The highest BCUT2D eigenvalue weighted by Crippen LogP contribution is 2.49. The molecule has 7 heteroatoms. The first-order valence-electron chi connectivity index (χ1n) is 5.40. The molecule has 0 saturated heterocycles. The molecule has 2 aromatic carbocycles. The second-order valence-corrected chi connectivity index (χ2v) is 4.89. The zero-order chi connectivity index (χ0) is 14.5. The van der Waals surface area contributed by atoms with E-state index in [0.29, 0.717) is 5.75 Å². The van der Waals surface area contributed by atoms with Gasteiger partial charge < -0.3 is 9.47 Å². The number of halogens is 5. The topological polar surface area (TPSA) is 18.5 Å². The average molecular weight is 321 g/mol. The minimum atomic E-state index is -4.45. The van der Waals surface area contributed by atoms with Crippen LogP contribution in [0.15, 0.2) is 30.3 Å². The lowest BCUT2D eigenvalue weighted by Crippen LogP contribution is -2.06. The van der Waals surface area contributed by atoms with Gasteiger partial charge in [-0.05, 0) is 18.2 Å². The summed E-state index contributed by atoms with van der Waals surface area (Å²) in [6, 6.07) is 5.83. The van der Waals surface area contributed by atoms with Gasteiger partial charge in [0.05, 0.1) is 15.6 Å². The van der Waals surface area contributed by atoms with Gasteiger partial charge >= 0.3 is 6.18 Å². The fraction of sp³-hybridized carbons (Fsp3) is 0.0769. The van der Waals surface area contributed by atoms with Crippen LogP contribution < -0.4 is 9.47 Å². The summed E-state index contributed by atoms with van der Waals surface area (Å²) in [7, 11) is 0. The van der Waals surface area contributed by atoms with Gasteiger partial charge in [0, 0.05) is 12.1 Å². The fourth-order valence-corrected chi connectivity index (χ4v) is 2.06. The first-order valence-corrected chi connectivity index (χ1v) is 6.16. The lowest BCUT2D eigenvalue weighted by Gasteiger charge is -2.22. The van der Waals surface area contributed by atoms with E-state index < -0.39 is 11.7 Å². The lowest BCUT2D eigenvalue weighted by atomic mass is 10.2. The Labute approximate surface area is 121 Å². The molecule has 0 amide bonds. The molecular weight excluding hydrogens is 316 g/mol. The number of rotatable bonds is 0. The third-order valence-corrected chi connectivity index (χ3v) is 3.42. The van der Waals surface area contributed by atoms with Crippen LogP contribution in [0.25, 0.3) is 0 Å². The summed E-state index contributed by atoms with van der Waals surface area (Å²) >= 11 is 11.7. The van der Waals surface area contributed by atoms with Gasteiger partial charge in [-0.2, -0.15) is 13.2 Å². The van der Waals surface area contributed by atoms with Crippen LogP contribution in [0, 0.1) is 0 Å². The highest BCUT2D eigenvalue weighted by molar-refractivity contribution is 6.42. The van der Waals surface area contributed by atoms with Gasteiger partial charge in [0.2, 0.25) is 0 Å². The molecule has 20 heavy (non-hydrogen) atoms. The summed E-state index contributed by atoms with van der Waals surface area (Å²) in [6.07, 6.45) is -4.45. The third-order valence-electron chi connectivity index (χ3n) is 2.70. The van der Waals surface area contributed by atoms with Crippen LogP contribution in [0.4, 0.5) is 13.2 Å². The molecule has 1 aliphatic heterocycles. The predicted molar refractivity (Wildman–Crippen MR) is 68.1 cm³/mol. The van der Waals surface area contributed by atoms with E-state index in [9.17, 15) is 13.2 Å². The molecule has 3 rings (SSSR count). The summed E-state index contributed by atoms with van der Waals surface area (Å²) in [5, 5.41) is 0.494. The molecule has 0 bridgehead atoms. The molecule has 0 atom stereocenters. The number of hydrogen-bond acceptors (Lipinski definition) is 2. The molecule has 0 aromatic heterocycles. The van der Waals surface area contributed by atoms with Crippen molar-refractivity contribution < 1.29 is 22.6 Å². The molecule has 1 heterocycles. The molecule has 0 spiro atoms. The second-order valence-electron chi connectivity index (χ2n) is 4.08. The van der Waals surface area contributed by atoms with E-state index in [1.807, 2.05) is 0 Å². The highest BCUT2D eigenvalue weighted by atomic mass is 35.5. The number of alkyl halides is 3. The first-order chi connectivity index (χ1) is 9.34. The highest BCUT2D eigenvalue weighted by Gasteiger charge is 2.32. The van der Waals surface area contributed by atoms with Crippen LogP contribution >= 0.6 is 23.2 Å². The molecule has 0 aliphatic carbocycles. The van der Waals surface area contributed by atoms with Gasteiger partial charge in [0.15, 0.2) is 23.0 Å². The maximum atomic E-state index is 12.6. The SMILES string of the molecule is FC(F)(F)c1ccc2c(c1)Oc1cc(Cl)c(Cl)cc1O2. The van der Waals surface area contributed by atoms with E-state index in [-0.39, 0.29) is 27.3 Å². The molecule has 2 aromatic rings. The van der Waals surface area contributed by atoms with E-state index in [0.717, 1.165) is 12.1 Å². The Morgan fingerprint density at radius 1 is 0.750 bits per heavy atom. The fourth-order valence-electron chi connectivity index (χ4n) is 1.76. The van der Waals surface area contributed by atoms with Crippen molar-refractivity contribution in [3.63, 3.8) is 0 Å². The predicted octanol–water partition coefficient (Wildman–Crippen LogP) is 5.91.